The van der Waals surface area contributed by atoms with Crippen molar-refractivity contribution in [1.82, 2.24) is 4.90 Å². The summed E-state index contributed by atoms with van der Waals surface area (Å²) in [5.74, 6) is 2.57. The molecule has 1 aromatic rings. The van der Waals surface area contributed by atoms with Crippen LogP contribution < -0.4 is 9.47 Å². The van der Waals surface area contributed by atoms with Gasteiger partial charge in [0.1, 0.15) is 0 Å². The Bertz CT molecular complexity index is 601. The van der Waals surface area contributed by atoms with Crippen LogP contribution in [0.25, 0.3) is 0 Å². The molecule has 1 aromatic carbocycles. The smallest absolute Gasteiger partial charge is 0.161 e. The summed E-state index contributed by atoms with van der Waals surface area (Å²) in [7, 11) is 3.36. The zero-order valence-electron chi connectivity index (χ0n) is 15.6. The van der Waals surface area contributed by atoms with Gasteiger partial charge in [0.05, 0.1) is 20.3 Å². The second-order valence-corrected chi connectivity index (χ2v) is 8.00. The highest BCUT2D eigenvalue weighted by Crippen LogP contribution is 2.47. The molecule has 1 fully saturated rings. The lowest BCUT2D eigenvalue weighted by Crippen LogP contribution is -2.58. The molecule has 0 radical (unpaired) electrons. The summed E-state index contributed by atoms with van der Waals surface area (Å²) in [6.07, 6.45) is 2.66. The third kappa shape index (κ3) is 2.91. The molecule has 0 amide bonds. The predicted molar refractivity (Wildman–Crippen MR) is 95.7 cm³/mol. The standard InChI is InChI=1S/C20H31NO3/c1-13(2)8-15-12-21-7-6-14-9-18(23-4)19(24-5)10-16(14)20(21,3)11-17(15)22/h9-10,13,15,17,22H,6-8,11-12H2,1-5H3/t15-,17-,20?/m1/s1. The van der Waals surface area contributed by atoms with Crippen LogP contribution in [0.3, 0.4) is 0 Å². The lowest BCUT2D eigenvalue weighted by atomic mass is 9.71. The third-order valence-corrected chi connectivity index (χ3v) is 5.92. The van der Waals surface area contributed by atoms with Crippen LogP contribution in [-0.4, -0.2) is 43.4 Å². The summed E-state index contributed by atoms with van der Waals surface area (Å²) in [5, 5.41) is 10.8. The number of ether oxygens (including phenoxy) is 2. The van der Waals surface area contributed by atoms with Crippen molar-refractivity contribution in [2.45, 2.75) is 51.7 Å². The Morgan fingerprint density at radius 3 is 2.54 bits per heavy atom. The van der Waals surface area contributed by atoms with Crippen molar-refractivity contribution in [3.8, 4) is 11.5 Å². The number of aliphatic hydroxyl groups excluding tert-OH is 1. The van der Waals surface area contributed by atoms with Gasteiger partial charge in [-0.1, -0.05) is 13.8 Å². The number of aliphatic hydroxyl groups is 1. The SMILES string of the molecule is COc1cc2c(cc1OC)C1(C)C[C@@H](O)[C@H](CC(C)C)CN1CC2. The van der Waals surface area contributed by atoms with Gasteiger partial charge in [0.15, 0.2) is 11.5 Å². The van der Waals surface area contributed by atoms with Crippen molar-refractivity contribution in [1.29, 1.82) is 0 Å². The Kier molecular flexibility index (Phi) is 4.80. The van der Waals surface area contributed by atoms with Crippen molar-refractivity contribution < 1.29 is 14.6 Å². The van der Waals surface area contributed by atoms with E-state index in [1.165, 1.54) is 11.1 Å². The lowest BCUT2D eigenvalue weighted by Gasteiger charge is -2.53. The minimum absolute atomic E-state index is 0.125. The summed E-state index contributed by atoms with van der Waals surface area (Å²) in [4.78, 5) is 2.57. The first-order chi connectivity index (χ1) is 11.4. The molecule has 3 atom stereocenters. The van der Waals surface area contributed by atoms with Crippen LogP contribution >= 0.6 is 0 Å². The molecule has 4 nitrogen and oxygen atoms in total. The number of hydrogen-bond donors (Lipinski definition) is 1. The van der Waals surface area contributed by atoms with E-state index in [0.717, 1.165) is 43.9 Å². The van der Waals surface area contributed by atoms with E-state index in [0.29, 0.717) is 11.8 Å². The largest absolute Gasteiger partial charge is 0.493 e. The van der Waals surface area contributed by atoms with Gasteiger partial charge in [-0.15, -0.1) is 0 Å². The van der Waals surface area contributed by atoms with Crippen molar-refractivity contribution in [2.24, 2.45) is 11.8 Å². The van der Waals surface area contributed by atoms with Gasteiger partial charge in [-0.3, -0.25) is 4.90 Å². The van der Waals surface area contributed by atoms with Gasteiger partial charge in [-0.05, 0) is 61.3 Å². The molecule has 1 N–H and O–H groups in total. The quantitative estimate of drug-likeness (QED) is 0.919. The number of hydrogen-bond acceptors (Lipinski definition) is 4. The van der Waals surface area contributed by atoms with E-state index in [2.05, 4.69) is 37.8 Å². The molecule has 1 saturated heterocycles. The molecule has 0 bridgehead atoms. The molecule has 0 saturated carbocycles. The average Bonchev–Trinajstić information content (AvgIpc) is 2.54. The Morgan fingerprint density at radius 1 is 1.25 bits per heavy atom. The monoisotopic (exact) mass is 333 g/mol. The Balaban J connectivity index is 1.96. The van der Waals surface area contributed by atoms with Gasteiger partial charge in [-0.25, -0.2) is 0 Å². The summed E-state index contributed by atoms with van der Waals surface area (Å²) >= 11 is 0. The second-order valence-electron chi connectivity index (χ2n) is 8.00. The first-order valence-electron chi connectivity index (χ1n) is 9.07. The summed E-state index contributed by atoms with van der Waals surface area (Å²) in [6, 6.07) is 4.24. The maximum Gasteiger partial charge on any atom is 0.161 e. The van der Waals surface area contributed by atoms with Gasteiger partial charge >= 0.3 is 0 Å². The molecule has 2 aliphatic rings. The second kappa shape index (κ2) is 6.57. The van der Waals surface area contributed by atoms with Crippen LogP contribution in [0.4, 0.5) is 0 Å². The minimum atomic E-state index is -0.243. The van der Waals surface area contributed by atoms with E-state index in [1.807, 2.05) is 0 Å². The summed E-state index contributed by atoms with van der Waals surface area (Å²) in [5.41, 5.74) is 2.48. The van der Waals surface area contributed by atoms with Crippen LogP contribution in [0.1, 0.15) is 44.7 Å². The molecule has 3 rings (SSSR count). The van der Waals surface area contributed by atoms with Gasteiger partial charge in [0.25, 0.3) is 0 Å². The fourth-order valence-electron chi connectivity index (χ4n) is 4.65. The highest BCUT2D eigenvalue weighted by Gasteiger charge is 2.46. The maximum atomic E-state index is 10.8. The molecular formula is C20H31NO3. The Labute approximate surface area is 145 Å². The molecule has 0 aromatic heterocycles. The topological polar surface area (TPSA) is 41.9 Å². The van der Waals surface area contributed by atoms with Crippen molar-refractivity contribution in [3.63, 3.8) is 0 Å². The number of nitrogens with zero attached hydrogens (tertiary/aromatic N) is 1. The van der Waals surface area contributed by atoms with Gasteiger partial charge in [0, 0.05) is 18.6 Å². The molecule has 0 spiro atoms. The highest BCUT2D eigenvalue weighted by molar-refractivity contribution is 5.51. The molecule has 2 heterocycles. The summed E-state index contributed by atoms with van der Waals surface area (Å²) in [6.45, 7) is 8.77. The van der Waals surface area contributed by atoms with Gasteiger partial charge in [0.2, 0.25) is 0 Å². The first kappa shape index (κ1) is 17.6. The van der Waals surface area contributed by atoms with Gasteiger partial charge < -0.3 is 14.6 Å². The summed E-state index contributed by atoms with van der Waals surface area (Å²) < 4.78 is 11.0. The number of rotatable bonds is 4. The first-order valence-corrected chi connectivity index (χ1v) is 9.07. The third-order valence-electron chi connectivity index (χ3n) is 5.92. The fourth-order valence-corrected chi connectivity index (χ4v) is 4.65. The molecule has 0 aliphatic carbocycles. The number of piperidine rings is 1. The number of benzene rings is 1. The predicted octanol–water partition coefficient (Wildman–Crippen LogP) is 3.20. The Hall–Kier alpha value is -1.26. The maximum absolute atomic E-state index is 10.8. The Morgan fingerprint density at radius 2 is 1.92 bits per heavy atom. The highest BCUT2D eigenvalue weighted by atomic mass is 16.5. The molecular weight excluding hydrogens is 302 g/mol. The zero-order chi connectivity index (χ0) is 17.5. The van der Waals surface area contributed by atoms with Gasteiger partial charge in [-0.2, -0.15) is 0 Å². The van der Waals surface area contributed by atoms with E-state index in [1.54, 1.807) is 14.2 Å². The van der Waals surface area contributed by atoms with E-state index < -0.39 is 0 Å². The van der Waals surface area contributed by atoms with Crippen molar-refractivity contribution in [2.75, 3.05) is 27.3 Å². The molecule has 134 valence electrons. The van der Waals surface area contributed by atoms with Crippen molar-refractivity contribution >= 4 is 0 Å². The molecule has 2 aliphatic heterocycles. The van der Waals surface area contributed by atoms with E-state index in [4.69, 9.17) is 9.47 Å². The zero-order valence-corrected chi connectivity index (χ0v) is 15.6. The van der Waals surface area contributed by atoms with Crippen LogP contribution in [0.5, 0.6) is 11.5 Å². The normalized spacial score (nSPS) is 30.0. The lowest BCUT2D eigenvalue weighted by molar-refractivity contribution is -0.0647. The fraction of sp³-hybridized carbons (Fsp3) is 0.700. The number of fused-ring (bicyclic) bond motifs is 3. The van der Waals surface area contributed by atoms with Crippen LogP contribution in [0, 0.1) is 11.8 Å². The molecule has 1 unspecified atom stereocenters. The van der Waals surface area contributed by atoms with Crippen molar-refractivity contribution in [3.05, 3.63) is 23.3 Å². The number of methoxy groups -OCH3 is 2. The van der Waals surface area contributed by atoms with Crippen LogP contribution in [-0.2, 0) is 12.0 Å². The van der Waals surface area contributed by atoms with Crippen LogP contribution in [0.15, 0.2) is 12.1 Å². The van der Waals surface area contributed by atoms with E-state index in [-0.39, 0.29) is 11.6 Å². The molecule has 24 heavy (non-hydrogen) atoms. The van der Waals surface area contributed by atoms with E-state index >= 15 is 0 Å². The average molecular weight is 333 g/mol. The minimum Gasteiger partial charge on any atom is -0.493 e. The van der Waals surface area contributed by atoms with Crippen LogP contribution in [0.2, 0.25) is 0 Å². The van der Waals surface area contributed by atoms with E-state index in [9.17, 15) is 5.11 Å². The molecule has 4 heteroatoms.